The van der Waals surface area contributed by atoms with E-state index in [1.54, 1.807) is 24.3 Å². The first-order valence-electron chi connectivity index (χ1n) is 13.2. The van der Waals surface area contributed by atoms with E-state index in [1.807, 2.05) is 30.3 Å². The fraction of sp³-hybridized carbons (Fsp3) is 0.0909. The fourth-order valence-electron chi connectivity index (χ4n) is 4.52. The van der Waals surface area contributed by atoms with E-state index in [4.69, 9.17) is 18.9 Å². The minimum absolute atomic E-state index is 0.134. The van der Waals surface area contributed by atoms with Gasteiger partial charge in [-0.25, -0.2) is 14.6 Å². The highest BCUT2D eigenvalue weighted by Gasteiger charge is 2.21. The van der Waals surface area contributed by atoms with Crippen LogP contribution in [0.2, 0.25) is 0 Å². The molecule has 0 saturated carbocycles. The van der Waals surface area contributed by atoms with Gasteiger partial charge in [0, 0.05) is 17.9 Å². The summed E-state index contributed by atoms with van der Waals surface area (Å²) in [6, 6.07) is 22.8. The largest absolute Gasteiger partial charge is 0.493 e. The van der Waals surface area contributed by atoms with Gasteiger partial charge in [-0.1, -0.05) is 42.5 Å². The van der Waals surface area contributed by atoms with Crippen LogP contribution in [0, 0.1) is 5.82 Å². The van der Waals surface area contributed by atoms with Crippen molar-refractivity contribution in [2.75, 3.05) is 14.2 Å². The predicted octanol–water partition coefficient (Wildman–Crippen LogP) is 5.90. The van der Waals surface area contributed by atoms with Gasteiger partial charge in [0.25, 0.3) is 5.91 Å². The summed E-state index contributed by atoms with van der Waals surface area (Å²) in [7, 11) is 2.79. The zero-order valence-electron chi connectivity index (χ0n) is 23.8. The van der Waals surface area contributed by atoms with Gasteiger partial charge in [-0.3, -0.25) is 9.59 Å². The Morgan fingerprint density at radius 2 is 1.52 bits per heavy atom. The molecule has 0 saturated heterocycles. The lowest BCUT2D eigenvalue weighted by atomic mass is 10.0. The number of methoxy groups -OCH3 is 2. The molecule has 1 aromatic heterocycles. The molecule has 0 aliphatic rings. The number of carbonyl (C=O) groups is 3. The lowest BCUT2D eigenvalue weighted by Gasteiger charge is -2.12. The molecule has 0 fully saturated rings. The molecule has 1 amide bonds. The van der Waals surface area contributed by atoms with Gasteiger partial charge in [0.15, 0.2) is 23.0 Å². The minimum Gasteiger partial charge on any atom is -0.493 e. The summed E-state index contributed by atoms with van der Waals surface area (Å²) in [6.07, 6.45) is 1.38. The van der Waals surface area contributed by atoms with Crippen LogP contribution in [-0.2, 0) is 4.79 Å². The van der Waals surface area contributed by atoms with Gasteiger partial charge < -0.3 is 23.9 Å². The molecule has 4 aromatic carbocycles. The number of hydrogen-bond acceptors (Lipinski definition) is 8. The van der Waals surface area contributed by atoms with E-state index in [-0.39, 0.29) is 39.8 Å². The molecule has 0 unspecified atom stereocenters. The van der Waals surface area contributed by atoms with Crippen LogP contribution in [0.4, 0.5) is 4.39 Å². The molecule has 0 bridgehead atoms. The van der Waals surface area contributed by atoms with E-state index in [1.165, 1.54) is 57.7 Å². The van der Waals surface area contributed by atoms with E-state index < -0.39 is 23.7 Å². The number of aromatic nitrogens is 1. The third-order valence-electron chi connectivity index (χ3n) is 6.50. The highest BCUT2D eigenvalue weighted by molar-refractivity contribution is 6.10. The van der Waals surface area contributed by atoms with Crippen molar-refractivity contribution in [3.63, 3.8) is 0 Å². The number of hydrogen-bond donors (Lipinski definition) is 2. The lowest BCUT2D eigenvalue weighted by molar-refractivity contribution is -0.132. The standard InChI is InChI=1S/C33H26FN3O7/c1-19(38)43-25-15-13-22(17-28(25)42-3)33(40)44-26-14-12-20(16-27(26)41-2)18-35-37-32(39)31-29(21-8-5-4-6-9-21)23-10-7-11-24(34)30(23)36-31/h4-18,36H,1-3H3,(H,37,39). The van der Waals surface area contributed by atoms with Crippen LogP contribution in [-0.4, -0.2) is 43.3 Å². The Kier molecular flexibility index (Phi) is 8.66. The van der Waals surface area contributed by atoms with Gasteiger partial charge in [0.1, 0.15) is 11.5 Å². The zero-order valence-corrected chi connectivity index (χ0v) is 23.8. The molecule has 10 nitrogen and oxygen atoms in total. The van der Waals surface area contributed by atoms with E-state index in [2.05, 4.69) is 15.5 Å². The third-order valence-corrected chi connectivity index (χ3v) is 6.50. The Balaban J connectivity index is 1.32. The van der Waals surface area contributed by atoms with Crippen LogP contribution in [0.3, 0.4) is 0 Å². The third kappa shape index (κ3) is 6.26. The molecule has 0 aliphatic heterocycles. The van der Waals surface area contributed by atoms with Crippen LogP contribution in [0.15, 0.2) is 90.0 Å². The maximum absolute atomic E-state index is 14.5. The van der Waals surface area contributed by atoms with Crippen molar-refractivity contribution in [3.05, 3.63) is 108 Å². The van der Waals surface area contributed by atoms with Crippen molar-refractivity contribution in [1.29, 1.82) is 0 Å². The summed E-state index contributed by atoms with van der Waals surface area (Å²) in [4.78, 5) is 40.2. The van der Waals surface area contributed by atoms with Crippen LogP contribution < -0.4 is 24.4 Å². The first-order valence-corrected chi connectivity index (χ1v) is 13.2. The Labute approximate surface area is 251 Å². The fourth-order valence-corrected chi connectivity index (χ4v) is 4.52. The Morgan fingerprint density at radius 3 is 2.25 bits per heavy atom. The highest BCUT2D eigenvalue weighted by atomic mass is 19.1. The maximum atomic E-state index is 14.5. The van der Waals surface area contributed by atoms with Crippen LogP contribution in [0.1, 0.15) is 33.3 Å². The lowest BCUT2D eigenvalue weighted by Crippen LogP contribution is -2.19. The number of nitrogens with zero attached hydrogens (tertiary/aromatic N) is 1. The van der Waals surface area contributed by atoms with Gasteiger partial charge in [0.2, 0.25) is 0 Å². The smallest absolute Gasteiger partial charge is 0.343 e. The molecule has 0 aliphatic carbocycles. The van der Waals surface area contributed by atoms with Crippen molar-refractivity contribution in [1.82, 2.24) is 10.4 Å². The molecule has 5 aromatic rings. The van der Waals surface area contributed by atoms with Gasteiger partial charge in [-0.2, -0.15) is 5.10 Å². The van der Waals surface area contributed by atoms with Crippen LogP contribution in [0.25, 0.3) is 22.0 Å². The van der Waals surface area contributed by atoms with Gasteiger partial charge in [0.05, 0.1) is 31.5 Å². The summed E-state index contributed by atoms with van der Waals surface area (Å²) in [5, 5.41) is 4.62. The van der Waals surface area contributed by atoms with Crippen LogP contribution in [0.5, 0.6) is 23.0 Å². The quantitative estimate of drug-likeness (QED) is 0.0940. The van der Waals surface area contributed by atoms with E-state index >= 15 is 0 Å². The molecule has 222 valence electrons. The Hall–Kier alpha value is -5.97. The first kappa shape index (κ1) is 29.5. The number of halogens is 1. The molecular formula is C33H26FN3O7. The maximum Gasteiger partial charge on any atom is 0.343 e. The normalized spacial score (nSPS) is 10.9. The molecule has 0 atom stereocenters. The summed E-state index contributed by atoms with van der Waals surface area (Å²) in [5.41, 5.74) is 4.83. The first-order chi connectivity index (χ1) is 21.3. The number of aromatic amines is 1. The summed E-state index contributed by atoms with van der Waals surface area (Å²) in [6.45, 7) is 1.25. The number of carbonyl (C=O) groups excluding carboxylic acids is 3. The number of benzene rings is 4. The molecule has 1 heterocycles. The van der Waals surface area contributed by atoms with E-state index in [9.17, 15) is 18.8 Å². The number of fused-ring (bicyclic) bond motifs is 1. The molecular weight excluding hydrogens is 569 g/mol. The van der Waals surface area contributed by atoms with Crippen LogP contribution >= 0.6 is 0 Å². The van der Waals surface area contributed by atoms with Gasteiger partial charge in [-0.05, 0) is 53.6 Å². The molecule has 0 spiro atoms. The number of amides is 1. The predicted molar refractivity (Wildman–Crippen MR) is 161 cm³/mol. The van der Waals surface area contributed by atoms with Crippen molar-refractivity contribution < 1.29 is 37.7 Å². The number of nitrogens with one attached hydrogen (secondary N) is 2. The number of rotatable bonds is 9. The average molecular weight is 596 g/mol. The topological polar surface area (TPSA) is 128 Å². The van der Waals surface area contributed by atoms with E-state index in [0.717, 1.165) is 5.56 Å². The number of esters is 2. The van der Waals surface area contributed by atoms with Gasteiger partial charge in [-0.15, -0.1) is 0 Å². The molecule has 5 rings (SSSR count). The number of hydrazone groups is 1. The summed E-state index contributed by atoms with van der Waals surface area (Å²) < 4.78 is 35.7. The summed E-state index contributed by atoms with van der Waals surface area (Å²) >= 11 is 0. The minimum atomic E-state index is -0.700. The second-order valence-corrected chi connectivity index (χ2v) is 9.36. The molecule has 44 heavy (non-hydrogen) atoms. The SMILES string of the molecule is COc1cc(C(=O)Oc2ccc(C=NNC(=O)c3[nH]c4c(F)cccc4c3-c3ccccc3)cc2OC)ccc1OC(C)=O. The zero-order chi connectivity index (χ0) is 31.2. The number of ether oxygens (including phenoxy) is 4. The number of H-pyrrole nitrogens is 1. The average Bonchev–Trinajstić information content (AvgIpc) is 3.43. The van der Waals surface area contributed by atoms with Crippen molar-refractivity contribution in [2.45, 2.75) is 6.92 Å². The monoisotopic (exact) mass is 595 g/mol. The Bertz CT molecular complexity index is 1900. The Morgan fingerprint density at radius 1 is 0.818 bits per heavy atom. The highest BCUT2D eigenvalue weighted by Crippen LogP contribution is 2.34. The van der Waals surface area contributed by atoms with Crippen molar-refractivity contribution >= 4 is 35.0 Å². The number of para-hydroxylation sites is 1. The van der Waals surface area contributed by atoms with Crippen molar-refractivity contribution in [3.8, 4) is 34.1 Å². The second kappa shape index (κ2) is 12.9. The molecule has 2 N–H and O–H groups in total. The van der Waals surface area contributed by atoms with Crippen molar-refractivity contribution in [2.24, 2.45) is 5.10 Å². The van der Waals surface area contributed by atoms with E-state index in [0.29, 0.717) is 16.5 Å². The summed E-state index contributed by atoms with van der Waals surface area (Å²) in [5.74, 6) is -1.56. The van der Waals surface area contributed by atoms with Gasteiger partial charge >= 0.3 is 11.9 Å². The molecule has 11 heteroatoms. The molecule has 0 radical (unpaired) electrons. The second-order valence-electron chi connectivity index (χ2n) is 9.36.